The van der Waals surface area contributed by atoms with Crippen molar-refractivity contribution in [3.63, 3.8) is 0 Å². The quantitative estimate of drug-likeness (QED) is 0.543. The highest BCUT2D eigenvalue weighted by Crippen LogP contribution is 2.11. The highest BCUT2D eigenvalue weighted by Gasteiger charge is 2.03. The summed E-state index contributed by atoms with van der Waals surface area (Å²) in [5.74, 6) is 1.20. The molecule has 0 bridgehead atoms. The van der Waals surface area contributed by atoms with E-state index in [2.05, 4.69) is 0 Å². The molecule has 0 aromatic carbocycles. The largest absolute Gasteiger partial charge is 0.493 e. The normalized spacial score (nSPS) is 12.3. The zero-order chi connectivity index (χ0) is 11.0. The molecule has 0 aromatic rings. The third kappa shape index (κ3) is 4.60. The number of rotatable bonds is 5. The summed E-state index contributed by atoms with van der Waals surface area (Å²) in [7, 11) is 1.59. The molecule has 0 heterocycles. The Bertz CT molecular complexity index is 248. The van der Waals surface area contributed by atoms with Crippen LogP contribution in [-0.4, -0.2) is 13.7 Å². The maximum atomic E-state index is 5.41. The molecule has 0 radical (unpaired) electrons. The average molecular weight is 197 g/mol. The fourth-order valence-electron chi connectivity index (χ4n) is 0.850. The summed E-state index contributed by atoms with van der Waals surface area (Å²) in [5, 5.41) is 0. The molecule has 0 amide bonds. The van der Waals surface area contributed by atoms with Gasteiger partial charge in [0, 0.05) is 6.20 Å². The molecule has 0 aromatic heterocycles. The SMILES string of the molecule is CCOC(=C/N)/C(=C\C=C(C)C)OC. The first-order valence-corrected chi connectivity index (χ1v) is 4.59. The van der Waals surface area contributed by atoms with Crippen molar-refractivity contribution in [2.75, 3.05) is 13.7 Å². The van der Waals surface area contributed by atoms with Crippen molar-refractivity contribution in [3.05, 3.63) is 35.4 Å². The van der Waals surface area contributed by atoms with E-state index in [-0.39, 0.29) is 0 Å². The minimum absolute atomic E-state index is 0.563. The maximum Gasteiger partial charge on any atom is 0.176 e. The predicted octanol–water partition coefficient (Wildman–Crippen LogP) is 2.32. The van der Waals surface area contributed by atoms with Crippen LogP contribution in [0.1, 0.15) is 20.8 Å². The van der Waals surface area contributed by atoms with Gasteiger partial charge in [0.1, 0.15) is 0 Å². The summed E-state index contributed by atoms with van der Waals surface area (Å²) >= 11 is 0. The molecule has 0 aliphatic rings. The molecule has 0 saturated heterocycles. The van der Waals surface area contributed by atoms with Crippen molar-refractivity contribution in [1.29, 1.82) is 0 Å². The fraction of sp³-hybridized carbons (Fsp3) is 0.455. The Kier molecular flexibility index (Phi) is 6.37. The van der Waals surface area contributed by atoms with Gasteiger partial charge < -0.3 is 15.2 Å². The molecule has 80 valence electrons. The van der Waals surface area contributed by atoms with Crippen LogP contribution < -0.4 is 5.73 Å². The van der Waals surface area contributed by atoms with Crippen molar-refractivity contribution >= 4 is 0 Å². The molecule has 0 aliphatic carbocycles. The highest BCUT2D eigenvalue weighted by molar-refractivity contribution is 5.25. The lowest BCUT2D eigenvalue weighted by Crippen LogP contribution is -2.01. The predicted molar refractivity (Wildman–Crippen MR) is 58.4 cm³/mol. The molecule has 0 fully saturated rings. The first-order chi connectivity index (χ1) is 6.65. The second kappa shape index (κ2) is 7.06. The van der Waals surface area contributed by atoms with Gasteiger partial charge in [-0.3, -0.25) is 0 Å². The van der Waals surface area contributed by atoms with E-state index in [4.69, 9.17) is 15.2 Å². The van der Waals surface area contributed by atoms with Crippen LogP contribution >= 0.6 is 0 Å². The molecule has 3 nitrogen and oxygen atoms in total. The van der Waals surface area contributed by atoms with Crippen molar-refractivity contribution in [1.82, 2.24) is 0 Å². The summed E-state index contributed by atoms with van der Waals surface area (Å²) in [6.45, 7) is 6.49. The van der Waals surface area contributed by atoms with E-state index in [1.165, 1.54) is 11.8 Å². The van der Waals surface area contributed by atoms with Crippen LogP contribution in [0.2, 0.25) is 0 Å². The first kappa shape index (κ1) is 12.6. The van der Waals surface area contributed by atoms with Gasteiger partial charge in [-0.15, -0.1) is 0 Å². The van der Waals surface area contributed by atoms with Crippen LogP contribution in [0.4, 0.5) is 0 Å². The second-order valence-corrected chi connectivity index (χ2v) is 2.94. The standard InChI is InChI=1S/C11H19NO2/c1-5-14-11(8-12)10(13-4)7-6-9(2)3/h6-8H,5,12H2,1-4H3/b10-7+,11-8+. The van der Waals surface area contributed by atoms with Crippen LogP contribution in [0.3, 0.4) is 0 Å². The van der Waals surface area contributed by atoms with Gasteiger partial charge in [0.25, 0.3) is 0 Å². The van der Waals surface area contributed by atoms with E-state index in [1.54, 1.807) is 7.11 Å². The molecular weight excluding hydrogens is 178 g/mol. The van der Waals surface area contributed by atoms with Crippen LogP contribution in [-0.2, 0) is 9.47 Å². The van der Waals surface area contributed by atoms with E-state index in [0.717, 1.165) is 0 Å². The van der Waals surface area contributed by atoms with Crippen molar-refractivity contribution < 1.29 is 9.47 Å². The number of hydrogen-bond donors (Lipinski definition) is 1. The van der Waals surface area contributed by atoms with Gasteiger partial charge in [-0.05, 0) is 26.8 Å². The van der Waals surface area contributed by atoms with Crippen molar-refractivity contribution in [2.24, 2.45) is 5.73 Å². The first-order valence-electron chi connectivity index (χ1n) is 4.59. The minimum Gasteiger partial charge on any atom is -0.493 e. The summed E-state index contributed by atoms with van der Waals surface area (Å²) < 4.78 is 10.4. The van der Waals surface area contributed by atoms with E-state index in [1.807, 2.05) is 32.9 Å². The minimum atomic E-state index is 0.563. The molecule has 0 spiro atoms. The Morgan fingerprint density at radius 1 is 1.21 bits per heavy atom. The summed E-state index contributed by atoms with van der Waals surface area (Å²) in [6, 6.07) is 0. The Morgan fingerprint density at radius 2 is 1.86 bits per heavy atom. The molecule has 14 heavy (non-hydrogen) atoms. The van der Waals surface area contributed by atoms with E-state index in [0.29, 0.717) is 18.1 Å². The molecule has 0 saturated carbocycles. The molecule has 2 N–H and O–H groups in total. The van der Waals surface area contributed by atoms with Gasteiger partial charge in [0.2, 0.25) is 0 Å². The van der Waals surface area contributed by atoms with Gasteiger partial charge in [-0.25, -0.2) is 0 Å². The zero-order valence-electron chi connectivity index (χ0n) is 9.33. The molecule has 0 rings (SSSR count). The molecule has 0 atom stereocenters. The Labute approximate surface area is 85.9 Å². The van der Waals surface area contributed by atoms with Gasteiger partial charge in [0.15, 0.2) is 11.5 Å². The van der Waals surface area contributed by atoms with Gasteiger partial charge in [-0.2, -0.15) is 0 Å². The summed E-state index contributed by atoms with van der Waals surface area (Å²) in [6.07, 6.45) is 5.18. The third-order valence-electron chi connectivity index (χ3n) is 1.48. The number of allylic oxidation sites excluding steroid dienone is 3. The average Bonchev–Trinajstić information content (AvgIpc) is 2.16. The maximum absolute atomic E-state index is 5.41. The molecular formula is C11H19NO2. The van der Waals surface area contributed by atoms with Gasteiger partial charge >= 0.3 is 0 Å². The lowest BCUT2D eigenvalue weighted by atomic mass is 10.3. The van der Waals surface area contributed by atoms with Gasteiger partial charge in [-0.1, -0.05) is 11.6 Å². The molecule has 0 unspecified atom stereocenters. The smallest absolute Gasteiger partial charge is 0.176 e. The monoisotopic (exact) mass is 197 g/mol. The third-order valence-corrected chi connectivity index (χ3v) is 1.48. The Balaban J connectivity index is 4.69. The van der Waals surface area contributed by atoms with Crippen molar-refractivity contribution in [3.8, 4) is 0 Å². The lowest BCUT2D eigenvalue weighted by molar-refractivity contribution is 0.186. The fourth-order valence-corrected chi connectivity index (χ4v) is 0.850. The molecule has 0 aliphatic heterocycles. The summed E-state index contributed by atoms with van der Waals surface area (Å²) in [4.78, 5) is 0. The van der Waals surface area contributed by atoms with Crippen LogP contribution in [0.25, 0.3) is 0 Å². The zero-order valence-corrected chi connectivity index (χ0v) is 9.33. The van der Waals surface area contributed by atoms with Crippen molar-refractivity contribution in [2.45, 2.75) is 20.8 Å². The molecule has 3 heteroatoms. The number of ether oxygens (including phenoxy) is 2. The number of methoxy groups -OCH3 is 1. The van der Waals surface area contributed by atoms with E-state index < -0.39 is 0 Å². The highest BCUT2D eigenvalue weighted by atomic mass is 16.5. The van der Waals surface area contributed by atoms with Crippen LogP contribution in [0, 0.1) is 0 Å². The Hall–Kier alpha value is -1.38. The van der Waals surface area contributed by atoms with Crippen LogP contribution in [0.15, 0.2) is 35.4 Å². The number of nitrogens with two attached hydrogens (primary N) is 1. The number of hydrogen-bond acceptors (Lipinski definition) is 3. The summed E-state index contributed by atoms with van der Waals surface area (Å²) in [5.41, 5.74) is 6.60. The van der Waals surface area contributed by atoms with E-state index >= 15 is 0 Å². The van der Waals surface area contributed by atoms with E-state index in [9.17, 15) is 0 Å². The van der Waals surface area contributed by atoms with Crippen LogP contribution in [0.5, 0.6) is 0 Å². The lowest BCUT2D eigenvalue weighted by Gasteiger charge is -2.09. The Morgan fingerprint density at radius 3 is 2.21 bits per heavy atom. The topological polar surface area (TPSA) is 44.5 Å². The second-order valence-electron chi connectivity index (χ2n) is 2.94. The van der Waals surface area contributed by atoms with Gasteiger partial charge in [0.05, 0.1) is 13.7 Å².